The number of likely N-dealkylation sites (N-methyl/N-ethyl adjacent to an activating group) is 1. The number of hydrogen-bond acceptors (Lipinski definition) is 4. The highest BCUT2D eigenvalue weighted by Crippen LogP contribution is 2.46. The lowest BCUT2D eigenvalue weighted by molar-refractivity contribution is -0.116. The van der Waals surface area contributed by atoms with Crippen molar-refractivity contribution in [3.05, 3.63) is 60.2 Å². The van der Waals surface area contributed by atoms with Crippen molar-refractivity contribution in [2.45, 2.75) is 6.42 Å². The maximum atomic E-state index is 11.8. The van der Waals surface area contributed by atoms with E-state index >= 15 is 0 Å². The van der Waals surface area contributed by atoms with Gasteiger partial charge in [-0.3, -0.25) is 4.79 Å². The number of para-hydroxylation sites is 3. The molecule has 5 heteroatoms. The number of carbonyl (C=O) groups is 1. The van der Waals surface area contributed by atoms with Crippen LogP contribution >= 0.6 is 0 Å². The summed E-state index contributed by atoms with van der Waals surface area (Å²) >= 11 is 0. The lowest BCUT2D eigenvalue weighted by Crippen LogP contribution is -2.24. The summed E-state index contributed by atoms with van der Waals surface area (Å²) in [6, 6.07) is 13.4. The minimum atomic E-state index is -0.0887. The summed E-state index contributed by atoms with van der Waals surface area (Å²) in [4.78, 5) is 13.8. The molecule has 0 aromatic heterocycles. The molecule has 0 fully saturated rings. The van der Waals surface area contributed by atoms with Crippen molar-refractivity contribution in [3.8, 4) is 23.0 Å². The van der Waals surface area contributed by atoms with Crippen LogP contribution in [0.4, 0.5) is 0 Å². The minimum absolute atomic E-state index is 0.0887. The Kier molecular flexibility index (Phi) is 5.36. The number of benzene rings is 2. The van der Waals surface area contributed by atoms with Crippen LogP contribution in [0.2, 0.25) is 0 Å². The lowest BCUT2D eigenvalue weighted by atomic mass is 10.1. The molecular formula is C20H22N2O3. The fraction of sp³-hybridized carbons (Fsp3) is 0.250. The first-order valence-corrected chi connectivity index (χ1v) is 8.29. The Bertz CT molecular complexity index is 784. The predicted octanol–water partition coefficient (Wildman–Crippen LogP) is 3.36. The van der Waals surface area contributed by atoms with Gasteiger partial charge in [-0.15, -0.1) is 0 Å². The molecule has 3 rings (SSSR count). The van der Waals surface area contributed by atoms with Crippen molar-refractivity contribution in [2.75, 3.05) is 27.2 Å². The Balaban J connectivity index is 1.60. The molecular weight excluding hydrogens is 316 g/mol. The van der Waals surface area contributed by atoms with Gasteiger partial charge in [-0.2, -0.15) is 0 Å². The third kappa shape index (κ3) is 4.39. The number of nitrogens with zero attached hydrogens (tertiary/aromatic N) is 1. The number of rotatable bonds is 6. The van der Waals surface area contributed by atoms with Crippen LogP contribution in [0.5, 0.6) is 23.0 Å². The smallest absolute Gasteiger partial charge is 0.243 e. The van der Waals surface area contributed by atoms with E-state index < -0.39 is 0 Å². The van der Waals surface area contributed by atoms with E-state index in [2.05, 4.69) is 5.32 Å². The molecule has 2 aromatic carbocycles. The third-order valence-corrected chi connectivity index (χ3v) is 3.77. The van der Waals surface area contributed by atoms with E-state index in [0.29, 0.717) is 30.2 Å². The number of carbonyl (C=O) groups excluding carboxylic acids is 1. The van der Waals surface area contributed by atoms with Gasteiger partial charge < -0.3 is 19.7 Å². The van der Waals surface area contributed by atoms with Gasteiger partial charge in [0.05, 0.1) is 0 Å². The van der Waals surface area contributed by atoms with Crippen LogP contribution in [0, 0.1) is 0 Å². The van der Waals surface area contributed by atoms with E-state index in [1.807, 2.05) is 67.5 Å². The standard InChI is InChI=1S/C20H22N2O3/c1-22(2)14-6-11-19(23)21-13-12-15-7-5-10-18-20(15)25-17-9-4-3-8-16(17)24-18/h3-11H,12-14H2,1-2H3,(H,21,23)/b11-6+. The van der Waals surface area contributed by atoms with Gasteiger partial charge in [-0.05, 0) is 38.7 Å². The topological polar surface area (TPSA) is 50.8 Å². The summed E-state index contributed by atoms with van der Waals surface area (Å²) in [5, 5.41) is 2.89. The summed E-state index contributed by atoms with van der Waals surface area (Å²) < 4.78 is 11.9. The molecule has 1 heterocycles. The maximum Gasteiger partial charge on any atom is 0.243 e. The quantitative estimate of drug-likeness (QED) is 0.700. The van der Waals surface area contributed by atoms with Crippen LogP contribution < -0.4 is 14.8 Å². The number of fused-ring (bicyclic) bond motifs is 2. The Morgan fingerprint density at radius 1 is 1.04 bits per heavy atom. The van der Waals surface area contributed by atoms with Gasteiger partial charge in [0.1, 0.15) is 0 Å². The van der Waals surface area contributed by atoms with Crippen LogP contribution in [-0.4, -0.2) is 38.0 Å². The van der Waals surface area contributed by atoms with Crippen molar-refractivity contribution in [2.24, 2.45) is 0 Å². The molecule has 0 unspecified atom stereocenters. The monoisotopic (exact) mass is 338 g/mol. The number of nitrogens with one attached hydrogen (secondary N) is 1. The summed E-state index contributed by atoms with van der Waals surface area (Å²) in [5.74, 6) is 2.76. The largest absolute Gasteiger partial charge is 0.450 e. The first kappa shape index (κ1) is 17.0. The van der Waals surface area contributed by atoms with Crippen molar-refractivity contribution in [1.29, 1.82) is 0 Å². The second-order valence-electron chi connectivity index (χ2n) is 6.10. The molecule has 0 atom stereocenters. The fourth-order valence-electron chi connectivity index (χ4n) is 2.55. The van der Waals surface area contributed by atoms with Gasteiger partial charge in [0.15, 0.2) is 23.0 Å². The normalized spacial score (nSPS) is 12.3. The molecule has 0 saturated heterocycles. The highest BCUT2D eigenvalue weighted by molar-refractivity contribution is 5.87. The van der Waals surface area contributed by atoms with Crippen LogP contribution in [0.1, 0.15) is 5.56 Å². The molecule has 1 amide bonds. The zero-order chi connectivity index (χ0) is 17.6. The summed E-state index contributed by atoms with van der Waals surface area (Å²) in [6.07, 6.45) is 4.08. The molecule has 1 N–H and O–H groups in total. The van der Waals surface area contributed by atoms with E-state index in [1.54, 1.807) is 6.08 Å². The van der Waals surface area contributed by atoms with E-state index in [1.165, 1.54) is 0 Å². The molecule has 1 aliphatic heterocycles. The van der Waals surface area contributed by atoms with Crippen molar-refractivity contribution < 1.29 is 14.3 Å². The Hall–Kier alpha value is -2.79. The zero-order valence-corrected chi connectivity index (χ0v) is 14.5. The fourth-order valence-corrected chi connectivity index (χ4v) is 2.55. The molecule has 0 radical (unpaired) electrons. The highest BCUT2D eigenvalue weighted by Gasteiger charge is 2.20. The molecule has 0 bridgehead atoms. The number of amides is 1. The number of ether oxygens (including phenoxy) is 2. The van der Waals surface area contributed by atoms with Crippen molar-refractivity contribution in [1.82, 2.24) is 10.2 Å². The van der Waals surface area contributed by atoms with E-state index in [0.717, 1.165) is 17.9 Å². The Morgan fingerprint density at radius 2 is 1.76 bits per heavy atom. The Morgan fingerprint density at radius 3 is 2.52 bits per heavy atom. The first-order chi connectivity index (χ1) is 12.1. The summed E-state index contributed by atoms with van der Waals surface area (Å²) in [5.41, 5.74) is 1.00. The van der Waals surface area contributed by atoms with Gasteiger partial charge in [-0.25, -0.2) is 0 Å². The molecule has 25 heavy (non-hydrogen) atoms. The van der Waals surface area contributed by atoms with Crippen molar-refractivity contribution in [3.63, 3.8) is 0 Å². The highest BCUT2D eigenvalue weighted by atomic mass is 16.6. The molecule has 5 nitrogen and oxygen atoms in total. The van der Waals surface area contributed by atoms with Crippen LogP contribution in [-0.2, 0) is 11.2 Å². The molecule has 130 valence electrons. The van der Waals surface area contributed by atoms with Crippen molar-refractivity contribution >= 4 is 5.91 Å². The lowest BCUT2D eigenvalue weighted by Gasteiger charge is -2.22. The molecule has 0 spiro atoms. The Labute approximate surface area is 147 Å². The zero-order valence-electron chi connectivity index (χ0n) is 14.5. The van der Waals surface area contributed by atoms with E-state index in [9.17, 15) is 4.79 Å². The van der Waals surface area contributed by atoms with Gasteiger partial charge in [0.25, 0.3) is 0 Å². The number of hydrogen-bond donors (Lipinski definition) is 1. The predicted molar refractivity (Wildman–Crippen MR) is 97.4 cm³/mol. The third-order valence-electron chi connectivity index (χ3n) is 3.77. The average Bonchev–Trinajstić information content (AvgIpc) is 2.60. The second kappa shape index (κ2) is 7.85. The summed E-state index contributed by atoms with van der Waals surface area (Å²) in [7, 11) is 3.92. The average molecular weight is 338 g/mol. The molecule has 2 aromatic rings. The van der Waals surface area contributed by atoms with Gasteiger partial charge in [-0.1, -0.05) is 30.3 Å². The minimum Gasteiger partial charge on any atom is -0.450 e. The van der Waals surface area contributed by atoms with E-state index in [4.69, 9.17) is 9.47 Å². The maximum absolute atomic E-state index is 11.8. The van der Waals surface area contributed by atoms with Crippen LogP contribution in [0.15, 0.2) is 54.6 Å². The molecule has 0 aliphatic carbocycles. The van der Waals surface area contributed by atoms with Gasteiger partial charge in [0.2, 0.25) is 5.91 Å². The van der Waals surface area contributed by atoms with Gasteiger partial charge in [0, 0.05) is 24.7 Å². The molecule has 1 aliphatic rings. The second-order valence-corrected chi connectivity index (χ2v) is 6.10. The first-order valence-electron chi connectivity index (χ1n) is 8.29. The van der Waals surface area contributed by atoms with Crippen LogP contribution in [0.3, 0.4) is 0 Å². The summed E-state index contributed by atoms with van der Waals surface area (Å²) in [6.45, 7) is 1.27. The van der Waals surface area contributed by atoms with Gasteiger partial charge >= 0.3 is 0 Å². The molecule has 0 saturated carbocycles. The SMILES string of the molecule is CN(C)C/C=C/C(=O)NCCc1cccc2c1Oc1ccccc1O2. The van der Waals surface area contributed by atoms with E-state index in [-0.39, 0.29) is 5.91 Å². The van der Waals surface area contributed by atoms with Crippen LogP contribution in [0.25, 0.3) is 0 Å².